The molecule has 0 aliphatic carbocycles. The highest BCUT2D eigenvalue weighted by molar-refractivity contribution is 9.10. The quantitative estimate of drug-likeness (QED) is 0.823. The number of rotatable bonds is 3. The van der Waals surface area contributed by atoms with E-state index in [-0.39, 0.29) is 12.3 Å². The van der Waals surface area contributed by atoms with Crippen LogP contribution in [0.5, 0.6) is 5.75 Å². The van der Waals surface area contributed by atoms with E-state index >= 15 is 0 Å². The summed E-state index contributed by atoms with van der Waals surface area (Å²) < 4.78 is 13.7. The van der Waals surface area contributed by atoms with Gasteiger partial charge in [0.2, 0.25) is 0 Å². The van der Waals surface area contributed by atoms with Gasteiger partial charge in [0, 0.05) is 10.0 Å². The molecule has 0 atom stereocenters. The molecule has 0 aliphatic rings. The molecular weight excluding hydrogens is 253 g/mol. The van der Waals surface area contributed by atoms with Gasteiger partial charge in [-0.25, -0.2) is 4.39 Å². The van der Waals surface area contributed by atoms with Crippen LogP contribution in [0.3, 0.4) is 0 Å². The number of benzene rings is 1. The highest BCUT2D eigenvalue weighted by Crippen LogP contribution is 2.30. The number of hydrogen-bond donors (Lipinski definition) is 2. The summed E-state index contributed by atoms with van der Waals surface area (Å²) in [4.78, 5) is 4.64. The highest BCUT2D eigenvalue weighted by Gasteiger charge is 2.13. The molecule has 0 heterocycles. The topological polar surface area (TPSA) is 41.5 Å². The van der Waals surface area contributed by atoms with Crippen molar-refractivity contribution in [3.05, 3.63) is 27.5 Å². The van der Waals surface area contributed by atoms with E-state index in [2.05, 4.69) is 26.2 Å². The molecule has 1 aromatic rings. The number of hydrogen-bond acceptors (Lipinski definition) is 3. The van der Waals surface area contributed by atoms with Crippen LogP contribution in [0.25, 0.3) is 0 Å². The van der Waals surface area contributed by atoms with E-state index in [1.165, 1.54) is 13.2 Å². The average molecular weight is 264 g/mol. The van der Waals surface area contributed by atoms with E-state index in [9.17, 15) is 9.50 Å². The maximum absolute atomic E-state index is 13.1. The maximum Gasteiger partial charge on any atom is 0.166 e. The minimum atomic E-state index is -0.643. The Morgan fingerprint density at radius 3 is 2.86 bits per heavy atom. The molecule has 0 unspecified atom stereocenters. The van der Waals surface area contributed by atoms with E-state index in [4.69, 9.17) is 0 Å². The molecule has 0 radical (unpaired) electrons. The van der Waals surface area contributed by atoms with E-state index in [1.807, 2.05) is 0 Å². The zero-order valence-electron chi connectivity index (χ0n) is 7.90. The molecule has 14 heavy (non-hydrogen) atoms. The lowest BCUT2D eigenvalue weighted by molar-refractivity contribution is 0.0858. The van der Waals surface area contributed by atoms with Crippen molar-refractivity contribution in [3.8, 4) is 5.75 Å². The zero-order valence-corrected chi connectivity index (χ0v) is 9.48. The third kappa shape index (κ3) is 2.23. The van der Waals surface area contributed by atoms with E-state index in [1.54, 1.807) is 6.92 Å². The van der Waals surface area contributed by atoms with Crippen molar-refractivity contribution in [2.75, 3.05) is 7.11 Å². The van der Waals surface area contributed by atoms with Crippen molar-refractivity contribution in [1.29, 1.82) is 0 Å². The van der Waals surface area contributed by atoms with Gasteiger partial charge in [0.15, 0.2) is 11.6 Å². The van der Waals surface area contributed by atoms with Crippen LogP contribution in [0.2, 0.25) is 0 Å². The molecule has 78 valence electrons. The Morgan fingerprint density at radius 2 is 2.29 bits per heavy atom. The molecule has 5 heteroatoms. The maximum atomic E-state index is 13.1. The van der Waals surface area contributed by atoms with Gasteiger partial charge in [-0.05, 0) is 18.6 Å². The Labute approximate surface area is 90.0 Å². The fraction of sp³-hybridized carbons (Fsp3) is 0.333. The van der Waals surface area contributed by atoms with Gasteiger partial charge in [0.1, 0.15) is 0 Å². The van der Waals surface area contributed by atoms with Crippen LogP contribution in [0.15, 0.2) is 10.5 Å². The van der Waals surface area contributed by atoms with E-state index in [0.717, 1.165) is 5.56 Å². The molecule has 0 bridgehead atoms. The van der Waals surface area contributed by atoms with Crippen LogP contribution in [-0.4, -0.2) is 12.2 Å². The van der Waals surface area contributed by atoms with E-state index in [0.29, 0.717) is 10.0 Å². The first-order chi connectivity index (χ1) is 6.57. The first-order valence-electron chi connectivity index (χ1n) is 4.00. The van der Waals surface area contributed by atoms with Crippen LogP contribution in [-0.2, 0) is 11.4 Å². The Kier molecular flexibility index (Phi) is 3.86. The van der Waals surface area contributed by atoms with Crippen molar-refractivity contribution in [2.45, 2.75) is 13.5 Å². The summed E-state index contributed by atoms with van der Waals surface area (Å²) in [6.07, 6.45) is 0. The number of halogens is 2. The fourth-order valence-electron chi connectivity index (χ4n) is 1.11. The molecule has 0 aromatic heterocycles. The molecule has 0 amide bonds. The predicted molar refractivity (Wildman–Crippen MR) is 54.4 cm³/mol. The average Bonchev–Trinajstić information content (AvgIpc) is 2.15. The molecule has 0 fully saturated rings. The summed E-state index contributed by atoms with van der Waals surface area (Å²) >= 11 is 3.20. The normalized spacial score (nSPS) is 10.6. The van der Waals surface area contributed by atoms with Gasteiger partial charge in [0.05, 0.1) is 13.7 Å². The SMILES string of the molecule is CONCc1c(C)c(Br)cc(F)c1O. The number of nitrogens with one attached hydrogen (secondary N) is 1. The smallest absolute Gasteiger partial charge is 0.166 e. The standard InChI is InChI=1S/C9H11BrFNO2/c1-5-6(4-12-14-2)9(13)8(11)3-7(5)10/h3,12-13H,4H2,1-2H3. The molecule has 0 spiro atoms. The number of hydroxylamine groups is 1. The molecule has 2 N–H and O–H groups in total. The fourth-order valence-corrected chi connectivity index (χ4v) is 1.55. The van der Waals surface area contributed by atoms with Gasteiger partial charge in [-0.2, -0.15) is 5.48 Å². The molecule has 0 saturated heterocycles. The Bertz CT molecular complexity index is 318. The first-order valence-corrected chi connectivity index (χ1v) is 4.79. The van der Waals surface area contributed by atoms with Crippen molar-refractivity contribution >= 4 is 15.9 Å². The van der Waals surface area contributed by atoms with Crippen molar-refractivity contribution < 1.29 is 14.3 Å². The summed E-state index contributed by atoms with van der Waals surface area (Å²) in [7, 11) is 1.46. The Hall–Kier alpha value is -0.650. The second-order valence-corrected chi connectivity index (χ2v) is 3.67. The van der Waals surface area contributed by atoms with Crippen LogP contribution in [0.1, 0.15) is 11.1 Å². The molecule has 3 nitrogen and oxygen atoms in total. The monoisotopic (exact) mass is 263 g/mol. The van der Waals surface area contributed by atoms with Crippen molar-refractivity contribution in [1.82, 2.24) is 5.48 Å². The third-order valence-corrected chi connectivity index (χ3v) is 2.79. The minimum Gasteiger partial charge on any atom is -0.505 e. The molecular formula is C9H11BrFNO2. The molecule has 1 aromatic carbocycles. The molecule has 0 aliphatic heterocycles. The lowest BCUT2D eigenvalue weighted by atomic mass is 10.1. The van der Waals surface area contributed by atoms with Crippen LogP contribution in [0, 0.1) is 12.7 Å². The largest absolute Gasteiger partial charge is 0.505 e. The number of phenolic OH excluding ortho intramolecular Hbond substituents is 1. The number of phenols is 1. The third-order valence-electron chi connectivity index (χ3n) is 1.97. The van der Waals surface area contributed by atoms with Crippen molar-refractivity contribution in [2.24, 2.45) is 0 Å². The summed E-state index contributed by atoms with van der Waals surface area (Å²) in [5.74, 6) is -0.981. The van der Waals surface area contributed by atoms with Crippen LogP contribution in [0.4, 0.5) is 4.39 Å². The molecule has 1 rings (SSSR count). The lowest BCUT2D eigenvalue weighted by Gasteiger charge is -2.11. The summed E-state index contributed by atoms with van der Waals surface area (Å²) in [5, 5.41) is 9.44. The van der Waals surface area contributed by atoms with Crippen LogP contribution >= 0.6 is 15.9 Å². The second-order valence-electron chi connectivity index (χ2n) is 2.82. The molecule has 0 saturated carbocycles. The number of aromatic hydroxyl groups is 1. The van der Waals surface area contributed by atoms with Gasteiger partial charge < -0.3 is 9.94 Å². The summed E-state index contributed by atoms with van der Waals surface area (Å²) in [6, 6.07) is 1.24. The van der Waals surface area contributed by atoms with Gasteiger partial charge in [-0.3, -0.25) is 0 Å². The van der Waals surface area contributed by atoms with Gasteiger partial charge in [-0.15, -0.1) is 0 Å². The summed E-state index contributed by atoms with van der Waals surface area (Å²) in [6.45, 7) is 2.04. The van der Waals surface area contributed by atoms with Crippen LogP contribution < -0.4 is 5.48 Å². The Balaban J connectivity index is 3.11. The minimum absolute atomic E-state index is 0.254. The summed E-state index contributed by atoms with van der Waals surface area (Å²) in [5.41, 5.74) is 3.82. The first kappa shape index (κ1) is 11.4. The van der Waals surface area contributed by atoms with Gasteiger partial charge in [-0.1, -0.05) is 15.9 Å². The highest BCUT2D eigenvalue weighted by atomic mass is 79.9. The predicted octanol–water partition coefficient (Wildman–Crippen LogP) is 2.25. The lowest BCUT2D eigenvalue weighted by Crippen LogP contribution is -2.12. The second kappa shape index (κ2) is 4.72. The van der Waals surface area contributed by atoms with Gasteiger partial charge >= 0.3 is 0 Å². The van der Waals surface area contributed by atoms with Crippen molar-refractivity contribution in [3.63, 3.8) is 0 Å². The Morgan fingerprint density at radius 1 is 1.64 bits per heavy atom. The van der Waals surface area contributed by atoms with Gasteiger partial charge in [0.25, 0.3) is 0 Å². The van der Waals surface area contributed by atoms with E-state index < -0.39 is 5.82 Å². The zero-order chi connectivity index (χ0) is 10.7.